The molecule has 0 amide bonds. The number of rotatable bonds is 2. The first-order chi connectivity index (χ1) is 11.8. The molecule has 0 aliphatic carbocycles. The van der Waals surface area contributed by atoms with Crippen molar-refractivity contribution in [2.45, 2.75) is 43.0 Å². The molecular formula is C22H25NS. The molecule has 1 atom stereocenters. The molecule has 0 spiro atoms. The van der Waals surface area contributed by atoms with E-state index in [1.807, 2.05) is 11.8 Å². The molecule has 2 aromatic carbocycles. The molecule has 1 nitrogen and oxygen atoms in total. The van der Waals surface area contributed by atoms with Crippen molar-refractivity contribution in [3.05, 3.63) is 71.3 Å². The normalized spacial score (nSPS) is 22.7. The molecule has 0 bridgehead atoms. The molecule has 24 heavy (non-hydrogen) atoms. The van der Waals surface area contributed by atoms with Crippen LogP contribution >= 0.6 is 11.8 Å². The van der Waals surface area contributed by atoms with E-state index >= 15 is 0 Å². The third-order valence-electron chi connectivity index (χ3n) is 5.35. The van der Waals surface area contributed by atoms with Crippen LogP contribution in [0.3, 0.4) is 0 Å². The Bertz CT molecular complexity index is 749. The van der Waals surface area contributed by atoms with Crippen LogP contribution in [0.2, 0.25) is 0 Å². The van der Waals surface area contributed by atoms with Crippen LogP contribution in [0.5, 0.6) is 0 Å². The monoisotopic (exact) mass is 335 g/mol. The second-order valence-corrected chi connectivity index (χ2v) is 8.06. The number of piperidine rings is 1. The van der Waals surface area contributed by atoms with Gasteiger partial charge in [0, 0.05) is 15.8 Å². The quantitative estimate of drug-likeness (QED) is 0.703. The SMILES string of the molecule is CN1CCCCC1C/C=C1/Sc2ccccc2Cc2ccccc21. The molecule has 0 radical (unpaired) electrons. The van der Waals surface area contributed by atoms with E-state index in [2.05, 4.69) is 66.6 Å². The van der Waals surface area contributed by atoms with Crippen molar-refractivity contribution in [2.24, 2.45) is 0 Å². The molecule has 0 N–H and O–H groups in total. The van der Waals surface area contributed by atoms with Gasteiger partial charge in [0.25, 0.3) is 0 Å². The van der Waals surface area contributed by atoms with Gasteiger partial charge in [-0.15, -0.1) is 0 Å². The van der Waals surface area contributed by atoms with E-state index in [1.54, 1.807) is 0 Å². The van der Waals surface area contributed by atoms with E-state index in [-0.39, 0.29) is 0 Å². The molecule has 1 unspecified atom stereocenters. The van der Waals surface area contributed by atoms with Crippen molar-refractivity contribution >= 4 is 16.7 Å². The lowest BCUT2D eigenvalue weighted by Gasteiger charge is -2.31. The number of benzene rings is 2. The summed E-state index contributed by atoms with van der Waals surface area (Å²) in [7, 11) is 2.28. The second kappa shape index (κ2) is 7.16. The maximum absolute atomic E-state index is 2.54. The van der Waals surface area contributed by atoms with Gasteiger partial charge >= 0.3 is 0 Å². The zero-order valence-electron chi connectivity index (χ0n) is 14.4. The molecule has 1 fully saturated rings. The summed E-state index contributed by atoms with van der Waals surface area (Å²) in [5.41, 5.74) is 4.34. The second-order valence-electron chi connectivity index (χ2n) is 6.98. The highest BCUT2D eigenvalue weighted by molar-refractivity contribution is 8.08. The Kier molecular flexibility index (Phi) is 4.77. The lowest BCUT2D eigenvalue weighted by Crippen LogP contribution is -2.35. The van der Waals surface area contributed by atoms with E-state index in [1.165, 1.54) is 52.3 Å². The van der Waals surface area contributed by atoms with Crippen LogP contribution in [-0.2, 0) is 6.42 Å². The zero-order chi connectivity index (χ0) is 16.4. The maximum atomic E-state index is 2.54. The van der Waals surface area contributed by atoms with Crippen LogP contribution < -0.4 is 0 Å². The summed E-state index contributed by atoms with van der Waals surface area (Å²) >= 11 is 1.95. The Morgan fingerprint density at radius 3 is 2.71 bits per heavy atom. The lowest BCUT2D eigenvalue weighted by atomic mass is 9.97. The van der Waals surface area contributed by atoms with Crippen molar-refractivity contribution in [3.63, 3.8) is 0 Å². The number of likely N-dealkylation sites (tertiary alicyclic amines) is 1. The van der Waals surface area contributed by atoms with Crippen LogP contribution in [0.4, 0.5) is 0 Å². The van der Waals surface area contributed by atoms with Gasteiger partial charge in [0.15, 0.2) is 0 Å². The standard InChI is InChI=1S/C22H25NS/c1-23-15-7-6-10-19(23)13-14-22-20-11-4-2-8-17(20)16-18-9-3-5-12-21(18)24-22/h2-5,8-9,11-12,14,19H,6-7,10,13,15-16H2,1H3/b22-14+. The van der Waals surface area contributed by atoms with Crippen LogP contribution in [-0.4, -0.2) is 24.5 Å². The van der Waals surface area contributed by atoms with Gasteiger partial charge < -0.3 is 4.90 Å². The van der Waals surface area contributed by atoms with E-state index in [4.69, 9.17) is 0 Å². The van der Waals surface area contributed by atoms with Crippen molar-refractivity contribution < 1.29 is 0 Å². The smallest absolute Gasteiger partial charge is 0.0158 e. The Labute approximate surface area is 149 Å². The number of nitrogens with zero attached hydrogens (tertiary/aromatic N) is 1. The molecule has 1 saturated heterocycles. The van der Waals surface area contributed by atoms with Crippen molar-refractivity contribution in [2.75, 3.05) is 13.6 Å². The minimum atomic E-state index is 0.706. The summed E-state index contributed by atoms with van der Waals surface area (Å²) in [6.45, 7) is 1.25. The minimum Gasteiger partial charge on any atom is -0.303 e. The molecule has 2 aromatic rings. The maximum Gasteiger partial charge on any atom is 0.0158 e. The highest BCUT2D eigenvalue weighted by atomic mass is 32.2. The highest BCUT2D eigenvalue weighted by Gasteiger charge is 2.20. The van der Waals surface area contributed by atoms with Gasteiger partial charge in [-0.2, -0.15) is 0 Å². The average molecular weight is 336 g/mol. The van der Waals surface area contributed by atoms with E-state index < -0.39 is 0 Å². The van der Waals surface area contributed by atoms with Crippen LogP contribution in [0.25, 0.3) is 4.91 Å². The Morgan fingerprint density at radius 2 is 1.83 bits per heavy atom. The summed E-state index contributed by atoms with van der Waals surface area (Å²) in [4.78, 5) is 5.40. The Balaban J connectivity index is 1.67. The summed E-state index contributed by atoms with van der Waals surface area (Å²) in [5.74, 6) is 0. The van der Waals surface area contributed by atoms with Crippen LogP contribution in [0, 0.1) is 0 Å². The van der Waals surface area contributed by atoms with Crippen LogP contribution in [0.1, 0.15) is 42.4 Å². The molecule has 0 aromatic heterocycles. The molecule has 2 heterocycles. The van der Waals surface area contributed by atoms with Gasteiger partial charge in [-0.1, -0.05) is 66.7 Å². The predicted molar refractivity (Wildman–Crippen MR) is 104 cm³/mol. The summed E-state index contributed by atoms with van der Waals surface area (Å²) in [5, 5.41) is 0. The average Bonchev–Trinajstić information content (AvgIpc) is 2.77. The third-order valence-corrected chi connectivity index (χ3v) is 6.58. The summed E-state index contributed by atoms with van der Waals surface area (Å²) in [6.07, 6.45) is 8.77. The van der Waals surface area contributed by atoms with Crippen LogP contribution in [0.15, 0.2) is 59.5 Å². The van der Waals surface area contributed by atoms with Crippen molar-refractivity contribution in [3.8, 4) is 0 Å². The number of hydrogen-bond donors (Lipinski definition) is 0. The molecule has 4 rings (SSSR count). The zero-order valence-corrected chi connectivity index (χ0v) is 15.2. The first-order valence-electron chi connectivity index (χ1n) is 9.06. The number of thioether (sulfide) groups is 1. The Morgan fingerprint density at radius 1 is 1.04 bits per heavy atom. The van der Waals surface area contributed by atoms with Gasteiger partial charge in [0.2, 0.25) is 0 Å². The first kappa shape index (κ1) is 16.0. The number of fused-ring (bicyclic) bond motifs is 2. The fourth-order valence-corrected chi connectivity index (χ4v) is 5.02. The molecule has 2 heteroatoms. The Hall–Kier alpha value is -1.51. The highest BCUT2D eigenvalue weighted by Crippen LogP contribution is 2.42. The van der Waals surface area contributed by atoms with Gasteiger partial charge in [-0.25, -0.2) is 0 Å². The first-order valence-corrected chi connectivity index (χ1v) is 9.87. The number of hydrogen-bond acceptors (Lipinski definition) is 2. The summed E-state index contributed by atoms with van der Waals surface area (Å²) in [6, 6.07) is 18.5. The summed E-state index contributed by atoms with van der Waals surface area (Å²) < 4.78 is 0. The van der Waals surface area contributed by atoms with E-state index in [0.29, 0.717) is 6.04 Å². The molecule has 124 valence electrons. The third kappa shape index (κ3) is 3.31. The van der Waals surface area contributed by atoms with Gasteiger partial charge in [-0.3, -0.25) is 0 Å². The fraction of sp³-hybridized carbons (Fsp3) is 0.364. The molecule has 2 aliphatic heterocycles. The van der Waals surface area contributed by atoms with Gasteiger partial charge in [0.1, 0.15) is 0 Å². The largest absolute Gasteiger partial charge is 0.303 e. The molecule has 2 aliphatic rings. The van der Waals surface area contributed by atoms with Crippen molar-refractivity contribution in [1.82, 2.24) is 4.90 Å². The topological polar surface area (TPSA) is 3.24 Å². The van der Waals surface area contributed by atoms with Gasteiger partial charge in [0.05, 0.1) is 0 Å². The predicted octanol–water partition coefficient (Wildman–Crippen LogP) is 5.60. The fourth-order valence-electron chi connectivity index (χ4n) is 3.88. The molecular weight excluding hydrogens is 310 g/mol. The van der Waals surface area contributed by atoms with Gasteiger partial charge in [-0.05, 0) is 62.0 Å². The van der Waals surface area contributed by atoms with Crippen molar-refractivity contribution in [1.29, 1.82) is 0 Å². The lowest BCUT2D eigenvalue weighted by molar-refractivity contribution is 0.187. The minimum absolute atomic E-state index is 0.706. The van der Waals surface area contributed by atoms with E-state index in [9.17, 15) is 0 Å². The molecule has 0 saturated carbocycles. The van der Waals surface area contributed by atoms with E-state index in [0.717, 1.165) is 12.8 Å².